The molecule has 3 rings (SSSR count). The Bertz CT molecular complexity index is 1060. The molecule has 0 aliphatic heterocycles. The van der Waals surface area contributed by atoms with Gasteiger partial charge in [-0.3, -0.25) is 14.9 Å². The highest BCUT2D eigenvalue weighted by Gasteiger charge is 2.22. The maximum Gasteiger partial charge on any atom is 0.298 e. The SMILES string of the molecule is O=C(CCc1noc(-c2cccc(Br)c2)n1)Nc1c(F)cc(F)cc1[N+](=O)[O-]. The molecule has 3 aromatic rings. The minimum Gasteiger partial charge on any atom is -0.334 e. The Morgan fingerprint density at radius 3 is 2.79 bits per heavy atom. The van der Waals surface area contributed by atoms with Crippen LogP contribution in [0.25, 0.3) is 11.5 Å². The fourth-order valence-corrected chi connectivity index (χ4v) is 2.75. The van der Waals surface area contributed by atoms with E-state index < -0.39 is 33.8 Å². The van der Waals surface area contributed by atoms with Crippen LogP contribution in [0.4, 0.5) is 20.2 Å². The molecule has 0 fully saturated rings. The summed E-state index contributed by atoms with van der Waals surface area (Å²) in [7, 11) is 0. The number of rotatable bonds is 6. The third kappa shape index (κ3) is 4.55. The molecule has 28 heavy (non-hydrogen) atoms. The van der Waals surface area contributed by atoms with Crippen LogP contribution in [0.1, 0.15) is 12.2 Å². The highest BCUT2D eigenvalue weighted by Crippen LogP contribution is 2.29. The van der Waals surface area contributed by atoms with E-state index in [2.05, 4.69) is 31.4 Å². The average molecular weight is 453 g/mol. The number of hydrogen-bond donors (Lipinski definition) is 1. The van der Waals surface area contributed by atoms with Crippen molar-refractivity contribution in [1.29, 1.82) is 0 Å². The highest BCUT2D eigenvalue weighted by atomic mass is 79.9. The highest BCUT2D eigenvalue weighted by molar-refractivity contribution is 9.10. The number of halogens is 3. The van der Waals surface area contributed by atoms with Crippen LogP contribution >= 0.6 is 15.9 Å². The molecule has 1 amide bonds. The van der Waals surface area contributed by atoms with Crippen LogP contribution in [0.3, 0.4) is 0 Å². The molecule has 11 heteroatoms. The molecule has 0 unspecified atom stereocenters. The lowest BCUT2D eigenvalue weighted by molar-refractivity contribution is -0.384. The van der Waals surface area contributed by atoms with Crippen molar-refractivity contribution in [3.8, 4) is 11.5 Å². The minimum atomic E-state index is -1.24. The smallest absolute Gasteiger partial charge is 0.298 e. The van der Waals surface area contributed by atoms with E-state index in [0.29, 0.717) is 17.7 Å². The van der Waals surface area contributed by atoms with Crippen LogP contribution in [0.5, 0.6) is 0 Å². The van der Waals surface area contributed by atoms with E-state index >= 15 is 0 Å². The molecular weight excluding hydrogens is 442 g/mol. The third-order valence-corrected chi connectivity index (χ3v) is 4.10. The first-order valence-corrected chi connectivity index (χ1v) is 8.64. The number of anilines is 1. The number of hydrogen-bond acceptors (Lipinski definition) is 6. The number of carbonyl (C=O) groups excluding carboxylic acids is 1. The number of nitro groups is 1. The molecule has 144 valence electrons. The van der Waals surface area contributed by atoms with Gasteiger partial charge >= 0.3 is 0 Å². The van der Waals surface area contributed by atoms with Gasteiger partial charge in [0.05, 0.1) is 11.0 Å². The molecule has 0 atom stereocenters. The van der Waals surface area contributed by atoms with Gasteiger partial charge in [0.25, 0.3) is 11.6 Å². The first-order chi connectivity index (χ1) is 13.3. The van der Waals surface area contributed by atoms with Gasteiger partial charge in [-0.2, -0.15) is 4.98 Å². The van der Waals surface area contributed by atoms with Gasteiger partial charge in [0.2, 0.25) is 5.91 Å². The summed E-state index contributed by atoms with van der Waals surface area (Å²) < 4.78 is 32.9. The molecule has 8 nitrogen and oxygen atoms in total. The van der Waals surface area contributed by atoms with E-state index in [1.54, 1.807) is 18.2 Å². The summed E-state index contributed by atoms with van der Waals surface area (Å²) in [5.41, 5.74) is -0.886. The Balaban J connectivity index is 1.67. The predicted molar refractivity (Wildman–Crippen MR) is 97.4 cm³/mol. The van der Waals surface area contributed by atoms with E-state index in [9.17, 15) is 23.7 Å². The van der Waals surface area contributed by atoms with Gasteiger partial charge in [-0.15, -0.1) is 0 Å². The van der Waals surface area contributed by atoms with E-state index in [1.807, 2.05) is 6.07 Å². The Morgan fingerprint density at radius 1 is 1.29 bits per heavy atom. The van der Waals surface area contributed by atoms with Crippen molar-refractivity contribution in [2.75, 3.05) is 5.32 Å². The van der Waals surface area contributed by atoms with E-state index in [4.69, 9.17) is 4.52 Å². The van der Waals surface area contributed by atoms with Gasteiger partial charge in [-0.25, -0.2) is 8.78 Å². The molecule has 0 saturated heterocycles. The third-order valence-electron chi connectivity index (χ3n) is 3.61. The Hall–Kier alpha value is -3.21. The number of aromatic nitrogens is 2. The second kappa shape index (κ2) is 8.21. The summed E-state index contributed by atoms with van der Waals surface area (Å²) in [6, 6.07) is 8.15. The van der Waals surface area contributed by atoms with Crippen molar-refractivity contribution in [2.45, 2.75) is 12.8 Å². The average Bonchev–Trinajstić information content (AvgIpc) is 3.11. The quantitative estimate of drug-likeness (QED) is 0.441. The fourth-order valence-electron chi connectivity index (χ4n) is 2.35. The zero-order valence-electron chi connectivity index (χ0n) is 14.0. The van der Waals surface area contributed by atoms with E-state index in [-0.39, 0.29) is 24.6 Å². The Morgan fingerprint density at radius 2 is 2.07 bits per heavy atom. The van der Waals surface area contributed by atoms with Crippen LogP contribution in [0.15, 0.2) is 45.4 Å². The van der Waals surface area contributed by atoms with Crippen molar-refractivity contribution in [1.82, 2.24) is 10.1 Å². The zero-order valence-corrected chi connectivity index (χ0v) is 15.6. The molecule has 1 aromatic heterocycles. The molecule has 0 spiro atoms. The summed E-state index contributed by atoms with van der Waals surface area (Å²) in [5, 5.41) is 16.8. The molecular formula is C17H11BrF2N4O4. The summed E-state index contributed by atoms with van der Waals surface area (Å²) in [4.78, 5) is 26.2. The number of amides is 1. The first kappa shape index (κ1) is 19.5. The number of nitrogens with zero attached hydrogens (tertiary/aromatic N) is 3. The van der Waals surface area contributed by atoms with Gasteiger partial charge < -0.3 is 9.84 Å². The lowest BCUT2D eigenvalue weighted by Crippen LogP contribution is -2.15. The predicted octanol–water partition coefficient (Wildman–Crippen LogP) is 4.26. The molecule has 0 aliphatic carbocycles. The number of carbonyl (C=O) groups is 1. The molecule has 0 bridgehead atoms. The van der Waals surface area contributed by atoms with Gasteiger partial charge in [-0.05, 0) is 18.2 Å². The van der Waals surface area contributed by atoms with Crippen molar-refractivity contribution in [2.24, 2.45) is 0 Å². The minimum absolute atomic E-state index is 0.0555. The van der Waals surface area contributed by atoms with Crippen molar-refractivity contribution < 1.29 is 23.0 Å². The number of nitrogens with one attached hydrogen (secondary N) is 1. The normalized spacial score (nSPS) is 10.7. The van der Waals surface area contributed by atoms with Crippen molar-refractivity contribution in [3.63, 3.8) is 0 Å². The Labute approximate surface area is 164 Å². The van der Waals surface area contributed by atoms with Gasteiger partial charge in [-0.1, -0.05) is 27.2 Å². The van der Waals surface area contributed by atoms with Crippen molar-refractivity contribution in [3.05, 3.63) is 68.4 Å². The molecule has 0 aliphatic rings. The first-order valence-electron chi connectivity index (χ1n) is 7.85. The van der Waals surface area contributed by atoms with E-state index in [1.165, 1.54) is 0 Å². The number of nitro benzene ring substituents is 1. The van der Waals surface area contributed by atoms with Crippen LogP contribution in [0.2, 0.25) is 0 Å². The second-order valence-corrected chi connectivity index (χ2v) is 6.53. The topological polar surface area (TPSA) is 111 Å². The van der Waals surface area contributed by atoms with E-state index in [0.717, 1.165) is 4.47 Å². The van der Waals surface area contributed by atoms with Crippen LogP contribution in [-0.4, -0.2) is 21.0 Å². The summed E-state index contributed by atoms with van der Waals surface area (Å²) >= 11 is 3.33. The number of aryl methyl sites for hydroxylation is 1. The summed E-state index contributed by atoms with van der Waals surface area (Å²) in [6.45, 7) is 0. The molecule has 1 heterocycles. The maximum atomic E-state index is 13.8. The van der Waals surface area contributed by atoms with Gasteiger partial charge in [0.15, 0.2) is 17.3 Å². The van der Waals surface area contributed by atoms with Crippen LogP contribution in [0, 0.1) is 21.7 Å². The lowest BCUT2D eigenvalue weighted by Gasteiger charge is -2.06. The monoisotopic (exact) mass is 452 g/mol. The lowest BCUT2D eigenvalue weighted by atomic mass is 10.2. The van der Waals surface area contributed by atoms with Crippen LogP contribution < -0.4 is 5.32 Å². The fraction of sp³-hybridized carbons (Fsp3) is 0.118. The maximum absolute atomic E-state index is 13.8. The van der Waals surface area contributed by atoms with Crippen LogP contribution in [-0.2, 0) is 11.2 Å². The molecule has 0 saturated carbocycles. The summed E-state index contributed by atoms with van der Waals surface area (Å²) in [5.74, 6) is -2.58. The second-order valence-electron chi connectivity index (χ2n) is 5.61. The Kier molecular flexibility index (Phi) is 5.73. The van der Waals surface area contributed by atoms with Gasteiger partial charge in [0.1, 0.15) is 5.82 Å². The number of benzene rings is 2. The zero-order chi connectivity index (χ0) is 20.3. The molecule has 0 radical (unpaired) electrons. The molecule has 2 aromatic carbocycles. The largest absolute Gasteiger partial charge is 0.334 e. The molecule has 1 N–H and O–H groups in total. The summed E-state index contributed by atoms with van der Waals surface area (Å²) in [6.07, 6.45) is -0.134. The standard InChI is InChI=1S/C17H11BrF2N4O4/c18-10-3-1-2-9(6-10)17-21-14(23-28-17)4-5-15(25)22-16-12(20)7-11(19)8-13(16)24(26)27/h1-3,6-8H,4-5H2,(H,22,25). The van der Waals surface area contributed by atoms with Gasteiger partial charge in [0, 0.05) is 28.9 Å². The van der Waals surface area contributed by atoms with Crippen molar-refractivity contribution >= 4 is 33.2 Å².